The second kappa shape index (κ2) is 9.80. The van der Waals surface area contributed by atoms with Crippen molar-refractivity contribution in [1.29, 1.82) is 0 Å². The van der Waals surface area contributed by atoms with Gasteiger partial charge >= 0.3 is 0 Å². The van der Waals surface area contributed by atoms with Crippen LogP contribution in [0.3, 0.4) is 0 Å². The van der Waals surface area contributed by atoms with Crippen molar-refractivity contribution < 1.29 is 14.3 Å². The van der Waals surface area contributed by atoms with Gasteiger partial charge in [0.15, 0.2) is 11.6 Å². The van der Waals surface area contributed by atoms with Gasteiger partial charge in [-0.05, 0) is 68.9 Å². The average molecular weight is 495 g/mol. The van der Waals surface area contributed by atoms with Crippen molar-refractivity contribution >= 4 is 61.2 Å². The van der Waals surface area contributed by atoms with Gasteiger partial charge in [0.25, 0.3) is 0 Å². The molecule has 2 rings (SSSR count). The number of hydrogen-bond donors (Lipinski definition) is 1. The van der Waals surface area contributed by atoms with Crippen molar-refractivity contribution in [2.75, 3.05) is 19.7 Å². The van der Waals surface area contributed by atoms with Crippen molar-refractivity contribution in [3.8, 4) is 5.75 Å². The lowest BCUT2D eigenvalue weighted by molar-refractivity contribution is -0.124. The lowest BCUT2D eigenvalue weighted by atomic mass is 10.1. The Labute approximate surface area is 168 Å². The summed E-state index contributed by atoms with van der Waals surface area (Å²) < 4.78 is 7.40. The molecule has 5 nitrogen and oxygen atoms in total. The van der Waals surface area contributed by atoms with Gasteiger partial charge in [-0.2, -0.15) is 0 Å². The molecule has 0 aliphatic heterocycles. The minimum Gasteiger partial charge on any atom is -0.491 e. The number of nitrogens with two attached hydrogens (primary N) is 1. The fourth-order valence-corrected chi connectivity index (χ4v) is 4.24. The molecule has 0 bridgehead atoms. The third kappa shape index (κ3) is 5.61. The molecule has 1 fully saturated rings. The van der Waals surface area contributed by atoms with Crippen LogP contribution in [0.5, 0.6) is 5.75 Å². The summed E-state index contributed by atoms with van der Waals surface area (Å²) in [5.41, 5.74) is 6.52. The van der Waals surface area contributed by atoms with Crippen LogP contribution in [0.15, 0.2) is 26.1 Å². The molecule has 2 N–H and O–H groups in total. The summed E-state index contributed by atoms with van der Waals surface area (Å²) in [6.07, 6.45) is 3.00. The Morgan fingerprint density at radius 3 is 2.56 bits per heavy atom. The van der Waals surface area contributed by atoms with Gasteiger partial charge in [-0.25, -0.2) is 0 Å². The Kier molecular flexibility index (Phi) is 8.06. The summed E-state index contributed by atoms with van der Waals surface area (Å²) in [5.74, 6) is -0.437. The first-order valence-electron chi connectivity index (χ1n) is 7.95. The zero-order valence-corrected chi connectivity index (χ0v) is 17.4. The summed E-state index contributed by atoms with van der Waals surface area (Å²) in [6.45, 7) is 1.63. The Morgan fingerprint density at radius 2 is 2.00 bits per heavy atom. The highest BCUT2D eigenvalue weighted by molar-refractivity contribution is 9.11. The van der Waals surface area contributed by atoms with Crippen LogP contribution in [0.25, 0.3) is 0 Å². The van der Waals surface area contributed by atoms with Crippen LogP contribution in [-0.2, 0) is 16.0 Å². The SMILES string of the molecule is NCCCOc1c(Br)cc(CCN=CC2C(=O)CC(Cl)C2=O)cc1Br. The lowest BCUT2D eigenvalue weighted by Gasteiger charge is -2.11. The highest BCUT2D eigenvalue weighted by atomic mass is 79.9. The number of halogens is 3. The minimum absolute atomic E-state index is 0.0998. The monoisotopic (exact) mass is 492 g/mol. The minimum atomic E-state index is -0.778. The molecule has 2 atom stereocenters. The van der Waals surface area contributed by atoms with Crippen LogP contribution >= 0.6 is 43.5 Å². The molecular weight excluding hydrogens is 475 g/mol. The second-order valence-corrected chi connectivity index (χ2v) is 7.94. The number of ketones is 2. The number of aliphatic imine (C=N–C) groups is 1. The van der Waals surface area contributed by atoms with Gasteiger partial charge in [0.1, 0.15) is 17.0 Å². The van der Waals surface area contributed by atoms with E-state index >= 15 is 0 Å². The zero-order valence-electron chi connectivity index (χ0n) is 13.5. The van der Waals surface area contributed by atoms with Crippen molar-refractivity contribution in [1.82, 2.24) is 0 Å². The Hall–Kier alpha value is -0.760. The first-order valence-corrected chi connectivity index (χ1v) is 9.97. The topological polar surface area (TPSA) is 81.8 Å². The smallest absolute Gasteiger partial charge is 0.166 e. The number of nitrogens with zero attached hydrogens (tertiary/aromatic N) is 1. The van der Waals surface area contributed by atoms with Gasteiger partial charge < -0.3 is 10.5 Å². The molecule has 1 aromatic carbocycles. The second-order valence-electron chi connectivity index (χ2n) is 5.70. The predicted octanol–water partition coefficient (Wildman–Crippen LogP) is 3.32. The molecule has 0 heterocycles. The average Bonchev–Trinajstić information content (AvgIpc) is 2.80. The van der Waals surface area contributed by atoms with Crippen LogP contribution in [0.1, 0.15) is 18.4 Å². The fourth-order valence-electron chi connectivity index (χ4n) is 2.44. The summed E-state index contributed by atoms with van der Waals surface area (Å²) in [6, 6.07) is 3.94. The van der Waals surface area contributed by atoms with E-state index in [9.17, 15) is 9.59 Å². The zero-order chi connectivity index (χ0) is 18.4. The summed E-state index contributed by atoms with van der Waals surface area (Å²) in [7, 11) is 0. The first kappa shape index (κ1) is 20.6. The largest absolute Gasteiger partial charge is 0.491 e. The number of Topliss-reactive ketones (excluding diaryl/α,β-unsaturated/α-hetero) is 2. The molecule has 0 saturated heterocycles. The van der Waals surface area contributed by atoms with E-state index < -0.39 is 11.3 Å². The van der Waals surface area contributed by atoms with Gasteiger partial charge in [-0.3, -0.25) is 14.6 Å². The molecule has 0 amide bonds. The lowest BCUT2D eigenvalue weighted by Crippen LogP contribution is -2.18. The number of rotatable bonds is 8. The van der Waals surface area contributed by atoms with Crippen LogP contribution in [-0.4, -0.2) is 42.9 Å². The van der Waals surface area contributed by atoms with Crippen LogP contribution in [0.2, 0.25) is 0 Å². The molecule has 1 aromatic rings. The summed E-state index contributed by atoms with van der Waals surface area (Å²) >= 11 is 12.8. The third-order valence-corrected chi connectivity index (χ3v) is 5.33. The fraction of sp³-hybridized carbons (Fsp3) is 0.471. The van der Waals surface area contributed by atoms with Crippen molar-refractivity contribution in [3.05, 3.63) is 26.6 Å². The van der Waals surface area contributed by atoms with Crippen LogP contribution in [0.4, 0.5) is 0 Å². The molecule has 1 saturated carbocycles. The first-order chi connectivity index (χ1) is 11.9. The number of carbonyl (C=O) groups excluding carboxylic acids is 2. The van der Waals surface area contributed by atoms with E-state index in [0.29, 0.717) is 26.1 Å². The summed E-state index contributed by atoms with van der Waals surface area (Å²) in [4.78, 5) is 27.6. The molecule has 0 spiro atoms. The number of hydrogen-bond acceptors (Lipinski definition) is 5. The van der Waals surface area contributed by atoms with E-state index in [4.69, 9.17) is 22.1 Å². The van der Waals surface area contributed by atoms with E-state index in [1.54, 1.807) is 0 Å². The number of benzene rings is 1. The molecule has 2 unspecified atom stereocenters. The highest BCUT2D eigenvalue weighted by Crippen LogP contribution is 2.35. The normalized spacial score (nSPS) is 20.6. The van der Waals surface area contributed by atoms with E-state index in [1.807, 2.05) is 12.1 Å². The van der Waals surface area contributed by atoms with E-state index in [2.05, 4.69) is 36.9 Å². The van der Waals surface area contributed by atoms with Crippen molar-refractivity contribution in [3.63, 3.8) is 0 Å². The molecule has 25 heavy (non-hydrogen) atoms. The van der Waals surface area contributed by atoms with E-state index in [1.165, 1.54) is 6.21 Å². The molecule has 136 valence electrons. The van der Waals surface area contributed by atoms with Gasteiger partial charge in [-0.15, -0.1) is 11.6 Å². The van der Waals surface area contributed by atoms with Gasteiger partial charge in [0, 0.05) is 19.2 Å². The van der Waals surface area contributed by atoms with Gasteiger partial charge in [0.05, 0.1) is 15.6 Å². The Balaban J connectivity index is 1.92. The quantitative estimate of drug-likeness (QED) is 0.260. The van der Waals surface area contributed by atoms with Gasteiger partial charge in [0.2, 0.25) is 0 Å². The van der Waals surface area contributed by atoms with Gasteiger partial charge in [-0.1, -0.05) is 0 Å². The molecule has 0 aromatic heterocycles. The van der Waals surface area contributed by atoms with Crippen molar-refractivity contribution in [2.24, 2.45) is 16.6 Å². The maximum Gasteiger partial charge on any atom is 0.166 e. The molecule has 8 heteroatoms. The Bertz CT molecular complexity index is 659. The van der Waals surface area contributed by atoms with Crippen LogP contribution in [0, 0.1) is 5.92 Å². The number of ether oxygens (including phenoxy) is 1. The number of carbonyl (C=O) groups is 2. The molecule has 0 radical (unpaired) electrons. The van der Waals surface area contributed by atoms with Crippen molar-refractivity contribution in [2.45, 2.75) is 24.6 Å². The number of alkyl halides is 1. The maximum atomic E-state index is 11.7. The maximum absolute atomic E-state index is 11.7. The third-order valence-electron chi connectivity index (χ3n) is 3.78. The summed E-state index contributed by atoms with van der Waals surface area (Å²) in [5, 5.41) is -0.706. The molecular formula is C17H19Br2ClN2O3. The predicted molar refractivity (Wildman–Crippen MR) is 106 cm³/mol. The van der Waals surface area contributed by atoms with Crippen LogP contribution < -0.4 is 10.5 Å². The molecule has 1 aliphatic carbocycles. The van der Waals surface area contributed by atoms with E-state index in [-0.39, 0.29) is 18.0 Å². The standard InChI is InChI=1S/C17H19Br2ClN2O3/c18-12-6-10(7-13(19)17(12)25-5-1-3-21)2-4-22-9-11-15(23)8-14(20)16(11)24/h6-7,9,11,14H,1-5,8,21H2. The Morgan fingerprint density at radius 1 is 1.32 bits per heavy atom. The highest BCUT2D eigenvalue weighted by Gasteiger charge is 2.38. The van der Waals surface area contributed by atoms with E-state index in [0.717, 1.165) is 26.7 Å². The molecule has 1 aliphatic rings.